The smallest absolute Gasteiger partial charge is 0.195 e. The van der Waals surface area contributed by atoms with Gasteiger partial charge in [0, 0.05) is 6.54 Å². The third kappa shape index (κ3) is 2.82. The molecule has 20 heavy (non-hydrogen) atoms. The molecule has 0 aliphatic rings. The van der Waals surface area contributed by atoms with Crippen LogP contribution in [0.4, 0.5) is 0 Å². The van der Waals surface area contributed by atoms with E-state index in [1.807, 2.05) is 23.6 Å². The molecule has 1 aromatic carbocycles. The number of ether oxygens (including phenoxy) is 1. The van der Waals surface area contributed by atoms with Gasteiger partial charge in [0.25, 0.3) is 0 Å². The maximum Gasteiger partial charge on any atom is 0.195 e. The summed E-state index contributed by atoms with van der Waals surface area (Å²) in [5.41, 5.74) is 2.35. The normalized spacial score (nSPS) is 12.2. The molecule has 1 N–H and O–H groups in total. The van der Waals surface area contributed by atoms with Crippen molar-refractivity contribution in [2.24, 2.45) is 0 Å². The molecule has 0 saturated heterocycles. The molecule has 1 atom stereocenters. The van der Waals surface area contributed by atoms with Crippen LogP contribution in [0.1, 0.15) is 30.0 Å². The summed E-state index contributed by atoms with van der Waals surface area (Å²) in [5.74, 6) is 1.65. The second-order valence-electron chi connectivity index (χ2n) is 4.74. The first-order valence-electron chi connectivity index (χ1n) is 6.53. The van der Waals surface area contributed by atoms with E-state index in [1.165, 1.54) is 5.56 Å². The number of aryl methyl sites for hydroxylation is 1. The predicted octanol–water partition coefficient (Wildman–Crippen LogP) is 3.88. The summed E-state index contributed by atoms with van der Waals surface area (Å²) in [6.45, 7) is 10.4. The van der Waals surface area contributed by atoms with Gasteiger partial charge in [-0.3, -0.25) is 9.67 Å². The van der Waals surface area contributed by atoms with Crippen LogP contribution in [0, 0.1) is 18.6 Å². The van der Waals surface area contributed by atoms with E-state index in [9.17, 15) is 0 Å². The monoisotopic (exact) mass is 289 g/mol. The van der Waals surface area contributed by atoms with Gasteiger partial charge >= 0.3 is 0 Å². The van der Waals surface area contributed by atoms with Crippen molar-refractivity contribution in [2.45, 2.75) is 33.4 Å². The number of aromatic nitrogens is 3. The van der Waals surface area contributed by atoms with Gasteiger partial charge in [-0.1, -0.05) is 18.2 Å². The molecule has 1 heterocycles. The number of hydrogen-bond acceptors (Lipinski definition) is 3. The van der Waals surface area contributed by atoms with Crippen molar-refractivity contribution in [1.82, 2.24) is 14.8 Å². The molecule has 5 heteroatoms. The average Bonchev–Trinajstić information content (AvgIpc) is 2.77. The summed E-state index contributed by atoms with van der Waals surface area (Å²) >= 11 is 5.21. The fourth-order valence-corrected chi connectivity index (χ4v) is 2.25. The van der Waals surface area contributed by atoms with E-state index in [0.29, 0.717) is 11.3 Å². The minimum atomic E-state index is -0.191. The lowest BCUT2D eigenvalue weighted by Gasteiger charge is -2.17. The van der Waals surface area contributed by atoms with Crippen molar-refractivity contribution in [2.75, 3.05) is 0 Å². The lowest BCUT2D eigenvalue weighted by atomic mass is 10.1. The minimum absolute atomic E-state index is 0.191. The largest absolute Gasteiger partial charge is 0.482 e. The zero-order valence-electron chi connectivity index (χ0n) is 12.0. The van der Waals surface area contributed by atoms with Gasteiger partial charge in [-0.05, 0) is 50.2 Å². The molecule has 2 rings (SSSR count). The van der Waals surface area contributed by atoms with Crippen LogP contribution in [0.2, 0.25) is 0 Å². The summed E-state index contributed by atoms with van der Waals surface area (Å²) in [6, 6.07) is 6.03. The van der Waals surface area contributed by atoms with Crippen LogP contribution in [0.3, 0.4) is 0 Å². The van der Waals surface area contributed by atoms with Gasteiger partial charge in [0.2, 0.25) is 0 Å². The van der Waals surface area contributed by atoms with Crippen LogP contribution in [0.5, 0.6) is 5.75 Å². The van der Waals surface area contributed by atoms with Crippen LogP contribution in [-0.4, -0.2) is 14.8 Å². The third-order valence-corrected chi connectivity index (χ3v) is 3.63. The van der Waals surface area contributed by atoms with E-state index in [2.05, 4.69) is 36.7 Å². The Bertz CT molecular complexity index is 672. The Balaban J connectivity index is 2.28. The fraction of sp³-hybridized carbons (Fsp3) is 0.333. The zero-order chi connectivity index (χ0) is 14.7. The van der Waals surface area contributed by atoms with Crippen LogP contribution in [0.15, 0.2) is 30.9 Å². The highest BCUT2D eigenvalue weighted by molar-refractivity contribution is 7.71. The molecule has 2 aromatic rings. The third-order valence-electron chi connectivity index (χ3n) is 3.32. The SMILES string of the molecule is C=CCn1c([C@@H](C)Oc2cccc(C)c2C)n[nH]c1=S. The van der Waals surface area contributed by atoms with Crippen LogP contribution >= 0.6 is 12.2 Å². The van der Waals surface area contributed by atoms with E-state index < -0.39 is 0 Å². The summed E-state index contributed by atoms with van der Waals surface area (Å²) in [6.07, 6.45) is 1.60. The van der Waals surface area contributed by atoms with Gasteiger partial charge in [0.15, 0.2) is 16.7 Å². The van der Waals surface area contributed by atoms with Gasteiger partial charge in [-0.25, -0.2) is 0 Å². The topological polar surface area (TPSA) is 42.8 Å². The van der Waals surface area contributed by atoms with Crippen molar-refractivity contribution >= 4 is 12.2 Å². The number of hydrogen-bond donors (Lipinski definition) is 1. The Kier molecular flexibility index (Phi) is 4.39. The molecule has 0 aliphatic carbocycles. The Morgan fingerprint density at radius 2 is 2.25 bits per heavy atom. The number of nitrogens with zero attached hydrogens (tertiary/aromatic N) is 2. The fourth-order valence-electron chi connectivity index (χ4n) is 2.04. The molecular formula is C15H19N3OS. The van der Waals surface area contributed by atoms with E-state index in [1.54, 1.807) is 6.08 Å². The molecule has 0 unspecified atom stereocenters. The molecule has 0 saturated carbocycles. The van der Waals surface area contributed by atoms with E-state index in [0.717, 1.165) is 17.1 Å². The van der Waals surface area contributed by atoms with Gasteiger partial charge in [0.05, 0.1) is 0 Å². The van der Waals surface area contributed by atoms with Crippen molar-refractivity contribution in [3.8, 4) is 5.75 Å². The molecular weight excluding hydrogens is 270 g/mol. The molecule has 0 spiro atoms. The number of H-pyrrole nitrogens is 1. The van der Waals surface area contributed by atoms with Gasteiger partial charge < -0.3 is 4.74 Å². The highest BCUT2D eigenvalue weighted by Crippen LogP contribution is 2.26. The van der Waals surface area contributed by atoms with Gasteiger partial charge in [-0.15, -0.1) is 6.58 Å². The molecule has 0 bridgehead atoms. The Morgan fingerprint density at radius 3 is 2.95 bits per heavy atom. The van der Waals surface area contributed by atoms with Crippen LogP contribution in [0.25, 0.3) is 0 Å². The Labute approximate surface area is 124 Å². The predicted molar refractivity (Wildman–Crippen MR) is 82.6 cm³/mol. The van der Waals surface area contributed by atoms with Crippen molar-refractivity contribution in [3.63, 3.8) is 0 Å². The number of nitrogens with one attached hydrogen (secondary N) is 1. The molecule has 106 valence electrons. The van der Waals surface area contributed by atoms with Crippen molar-refractivity contribution in [1.29, 1.82) is 0 Å². The maximum atomic E-state index is 6.03. The van der Waals surface area contributed by atoms with Gasteiger partial charge in [0.1, 0.15) is 5.75 Å². The van der Waals surface area contributed by atoms with Crippen LogP contribution in [-0.2, 0) is 6.54 Å². The Hall–Kier alpha value is -1.88. The lowest BCUT2D eigenvalue weighted by Crippen LogP contribution is -2.12. The first-order valence-corrected chi connectivity index (χ1v) is 6.94. The lowest BCUT2D eigenvalue weighted by molar-refractivity contribution is 0.209. The number of rotatable bonds is 5. The standard InChI is InChI=1S/C15H19N3OS/c1-5-9-18-14(16-17-15(18)20)12(4)19-13-8-6-7-10(2)11(13)3/h5-8,12H,1,9H2,2-4H3,(H,17,20)/t12-/m1/s1. The summed E-state index contributed by atoms with van der Waals surface area (Å²) in [4.78, 5) is 0. The second-order valence-corrected chi connectivity index (χ2v) is 5.13. The van der Waals surface area contributed by atoms with E-state index in [4.69, 9.17) is 17.0 Å². The van der Waals surface area contributed by atoms with E-state index >= 15 is 0 Å². The highest BCUT2D eigenvalue weighted by atomic mass is 32.1. The minimum Gasteiger partial charge on any atom is -0.482 e. The maximum absolute atomic E-state index is 6.03. The summed E-state index contributed by atoms with van der Waals surface area (Å²) in [7, 11) is 0. The van der Waals surface area contributed by atoms with Crippen molar-refractivity contribution in [3.05, 3.63) is 52.6 Å². The average molecular weight is 289 g/mol. The molecule has 1 aromatic heterocycles. The number of benzene rings is 1. The molecule has 0 fully saturated rings. The molecule has 0 aliphatic heterocycles. The van der Waals surface area contributed by atoms with E-state index in [-0.39, 0.29) is 6.10 Å². The molecule has 0 amide bonds. The van der Waals surface area contributed by atoms with Crippen LogP contribution < -0.4 is 4.74 Å². The first kappa shape index (κ1) is 14.5. The molecule has 0 radical (unpaired) electrons. The van der Waals surface area contributed by atoms with Gasteiger partial charge in [-0.2, -0.15) is 5.10 Å². The Morgan fingerprint density at radius 1 is 1.50 bits per heavy atom. The summed E-state index contributed by atoms with van der Waals surface area (Å²) < 4.78 is 8.50. The zero-order valence-corrected chi connectivity index (χ0v) is 12.8. The summed E-state index contributed by atoms with van der Waals surface area (Å²) in [5, 5.41) is 7.06. The molecule has 4 nitrogen and oxygen atoms in total. The van der Waals surface area contributed by atoms with Crippen molar-refractivity contribution < 1.29 is 4.74 Å². The number of allylic oxidation sites excluding steroid dienone is 1. The first-order chi connectivity index (χ1) is 9.54. The highest BCUT2D eigenvalue weighted by Gasteiger charge is 2.16. The number of aromatic amines is 1. The second kappa shape index (κ2) is 6.05. The quantitative estimate of drug-likeness (QED) is 0.671.